The summed E-state index contributed by atoms with van der Waals surface area (Å²) in [6.45, 7) is 7.58. The van der Waals surface area contributed by atoms with Crippen LogP contribution in [-0.2, 0) is 9.53 Å². The largest absolute Gasteiger partial charge is 0.496 e. The second-order valence-corrected chi connectivity index (χ2v) is 5.21. The van der Waals surface area contributed by atoms with Gasteiger partial charge >= 0.3 is 5.97 Å². The predicted molar refractivity (Wildman–Crippen MR) is 75.6 cm³/mol. The molecule has 1 fully saturated rings. The highest BCUT2D eigenvalue weighted by Crippen LogP contribution is 2.38. The molecule has 0 bridgehead atoms. The van der Waals surface area contributed by atoms with Gasteiger partial charge in [0.2, 0.25) is 0 Å². The number of aryl methyl sites for hydroxylation is 2. The number of cyclic esters (lactones) is 1. The number of carbonyl (C=O) groups excluding carboxylic acids is 1. The zero-order chi connectivity index (χ0) is 14.9. The molecule has 1 aliphatic rings. The summed E-state index contributed by atoms with van der Waals surface area (Å²) in [4.78, 5) is 11.4. The minimum absolute atomic E-state index is 0.178. The first-order chi connectivity index (χ1) is 9.47. The monoisotopic (exact) mass is 276 g/mol. The molecule has 1 aromatic carbocycles. The van der Waals surface area contributed by atoms with E-state index in [0.29, 0.717) is 11.3 Å². The number of methoxy groups -OCH3 is 1. The number of ether oxygens (including phenoxy) is 2. The van der Waals surface area contributed by atoms with E-state index in [2.05, 4.69) is 6.58 Å². The maximum atomic E-state index is 11.4. The van der Waals surface area contributed by atoms with Crippen LogP contribution in [0.5, 0.6) is 5.75 Å². The van der Waals surface area contributed by atoms with E-state index in [-0.39, 0.29) is 18.3 Å². The zero-order valence-electron chi connectivity index (χ0n) is 12.1. The summed E-state index contributed by atoms with van der Waals surface area (Å²) in [7, 11) is 1.57. The first-order valence-corrected chi connectivity index (χ1v) is 6.63. The number of hydrogen-bond donors (Lipinski definition) is 1. The van der Waals surface area contributed by atoms with Gasteiger partial charge in [0.05, 0.1) is 13.5 Å². The zero-order valence-corrected chi connectivity index (χ0v) is 12.1. The van der Waals surface area contributed by atoms with Crippen molar-refractivity contribution in [1.29, 1.82) is 0 Å². The lowest BCUT2D eigenvalue weighted by Gasteiger charge is -2.24. The van der Waals surface area contributed by atoms with Crippen LogP contribution in [0.4, 0.5) is 0 Å². The van der Waals surface area contributed by atoms with Crippen molar-refractivity contribution in [2.75, 3.05) is 7.11 Å². The fourth-order valence-electron chi connectivity index (χ4n) is 2.77. The van der Waals surface area contributed by atoms with E-state index in [1.165, 1.54) is 0 Å². The summed E-state index contributed by atoms with van der Waals surface area (Å²) >= 11 is 0. The lowest BCUT2D eigenvalue weighted by atomic mass is 9.91. The SMILES string of the molecule is C=C[C@@H]1CC(=O)O[C@H]1[C@H](O)c1cc(C)cc(C)c1OC. The van der Waals surface area contributed by atoms with Crippen LogP contribution >= 0.6 is 0 Å². The van der Waals surface area contributed by atoms with E-state index in [0.717, 1.165) is 11.1 Å². The van der Waals surface area contributed by atoms with Crippen LogP contribution in [-0.4, -0.2) is 24.3 Å². The van der Waals surface area contributed by atoms with Gasteiger partial charge in [-0.3, -0.25) is 4.79 Å². The van der Waals surface area contributed by atoms with Crippen LogP contribution < -0.4 is 4.74 Å². The molecule has 3 atom stereocenters. The van der Waals surface area contributed by atoms with Crippen LogP contribution in [0.3, 0.4) is 0 Å². The summed E-state index contributed by atoms with van der Waals surface area (Å²) in [5.74, 6) is 0.152. The van der Waals surface area contributed by atoms with Gasteiger partial charge in [-0.15, -0.1) is 6.58 Å². The minimum Gasteiger partial charge on any atom is -0.496 e. The third-order valence-corrected chi connectivity index (χ3v) is 3.68. The number of rotatable bonds is 4. The van der Waals surface area contributed by atoms with Gasteiger partial charge in [0, 0.05) is 11.5 Å². The molecule has 0 saturated carbocycles. The molecule has 20 heavy (non-hydrogen) atoms. The molecule has 4 nitrogen and oxygen atoms in total. The Morgan fingerprint density at radius 1 is 1.50 bits per heavy atom. The molecule has 108 valence electrons. The van der Waals surface area contributed by atoms with Crippen molar-refractivity contribution >= 4 is 5.97 Å². The molecule has 1 aliphatic heterocycles. The summed E-state index contributed by atoms with van der Waals surface area (Å²) in [5.41, 5.74) is 2.62. The van der Waals surface area contributed by atoms with Crippen LogP contribution in [0.1, 0.15) is 29.2 Å². The van der Waals surface area contributed by atoms with Gasteiger partial charge < -0.3 is 14.6 Å². The van der Waals surface area contributed by atoms with E-state index in [1.807, 2.05) is 26.0 Å². The molecule has 0 radical (unpaired) electrons. The van der Waals surface area contributed by atoms with Crippen molar-refractivity contribution in [3.05, 3.63) is 41.5 Å². The van der Waals surface area contributed by atoms with Crippen molar-refractivity contribution < 1.29 is 19.4 Å². The Morgan fingerprint density at radius 3 is 2.80 bits per heavy atom. The Hall–Kier alpha value is -1.81. The van der Waals surface area contributed by atoms with Crippen molar-refractivity contribution in [3.8, 4) is 5.75 Å². The molecule has 4 heteroatoms. The van der Waals surface area contributed by atoms with Gasteiger partial charge in [-0.2, -0.15) is 0 Å². The van der Waals surface area contributed by atoms with Gasteiger partial charge in [0.15, 0.2) is 0 Å². The molecule has 0 aromatic heterocycles. The van der Waals surface area contributed by atoms with E-state index >= 15 is 0 Å². The Morgan fingerprint density at radius 2 is 2.20 bits per heavy atom. The van der Waals surface area contributed by atoms with E-state index < -0.39 is 12.2 Å². The van der Waals surface area contributed by atoms with Crippen molar-refractivity contribution in [3.63, 3.8) is 0 Å². The molecule has 1 heterocycles. The molecule has 0 spiro atoms. The maximum absolute atomic E-state index is 11.4. The number of esters is 1. The molecule has 1 aromatic rings. The third kappa shape index (κ3) is 2.56. The minimum atomic E-state index is -0.919. The molecule has 1 saturated heterocycles. The number of hydrogen-bond acceptors (Lipinski definition) is 4. The first-order valence-electron chi connectivity index (χ1n) is 6.63. The highest BCUT2D eigenvalue weighted by Gasteiger charge is 2.39. The van der Waals surface area contributed by atoms with Crippen molar-refractivity contribution in [2.45, 2.75) is 32.5 Å². The molecule has 1 N–H and O–H groups in total. The highest BCUT2D eigenvalue weighted by atomic mass is 16.6. The van der Waals surface area contributed by atoms with Crippen LogP contribution in [0, 0.1) is 19.8 Å². The topological polar surface area (TPSA) is 55.8 Å². The average Bonchev–Trinajstić information content (AvgIpc) is 2.78. The Kier molecular flexibility index (Phi) is 4.14. The Bertz CT molecular complexity index is 536. The summed E-state index contributed by atoms with van der Waals surface area (Å²) in [6, 6.07) is 3.85. The molecule has 2 rings (SSSR count). The average molecular weight is 276 g/mol. The van der Waals surface area contributed by atoms with Crippen LogP contribution in [0.2, 0.25) is 0 Å². The smallest absolute Gasteiger partial charge is 0.306 e. The van der Waals surface area contributed by atoms with Gasteiger partial charge in [-0.25, -0.2) is 0 Å². The van der Waals surface area contributed by atoms with Gasteiger partial charge in [0.25, 0.3) is 0 Å². The second-order valence-electron chi connectivity index (χ2n) is 5.21. The fourth-order valence-corrected chi connectivity index (χ4v) is 2.77. The molecular weight excluding hydrogens is 256 g/mol. The summed E-state index contributed by atoms with van der Waals surface area (Å²) in [6.07, 6.45) is 0.403. The van der Waals surface area contributed by atoms with Gasteiger partial charge in [-0.1, -0.05) is 17.7 Å². The summed E-state index contributed by atoms with van der Waals surface area (Å²) < 4.78 is 10.6. The number of aliphatic hydroxyl groups excluding tert-OH is 1. The van der Waals surface area contributed by atoms with Crippen LogP contribution in [0.25, 0.3) is 0 Å². The van der Waals surface area contributed by atoms with Crippen LogP contribution in [0.15, 0.2) is 24.8 Å². The van der Waals surface area contributed by atoms with Gasteiger partial charge in [0.1, 0.15) is 18.0 Å². The highest BCUT2D eigenvalue weighted by molar-refractivity contribution is 5.72. The molecule has 0 amide bonds. The lowest BCUT2D eigenvalue weighted by Crippen LogP contribution is -2.24. The standard InChI is InChI=1S/C16H20O4/c1-5-11-8-13(17)20-16(11)14(18)12-7-9(2)6-10(3)15(12)19-4/h5-7,11,14,16,18H,1,8H2,2-4H3/t11-,14-,16-/m1/s1. The number of benzene rings is 1. The third-order valence-electron chi connectivity index (χ3n) is 3.68. The second kappa shape index (κ2) is 5.67. The Labute approximate surface area is 119 Å². The van der Waals surface area contributed by atoms with E-state index in [1.54, 1.807) is 13.2 Å². The van der Waals surface area contributed by atoms with E-state index in [9.17, 15) is 9.90 Å². The first kappa shape index (κ1) is 14.6. The fraction of sp³-hybridized carbons (Fsp3) is 0.438. The maximum Gasteiger partial charge on any atom is 0.306 e. The van der Waals surface area contributed by atoms with Crippen molar-refractivity contribution in [1.82, 2.24) is 0 Å². The van der Waals surface area contributed by atoms with E-state index in [4.69, 9.17) is 9.47 Å². The lowest BCUT2D eigenvalue weighted by molar-refractivity contribution is -0.145. The number of carbonyl (C=O) groups is 1. The normalized spacial score (nSPS) is 23.3. The Balaban J connectivity index is 2.40. The van der Waals surface area contributed by atoms with Crippen molar-refractivity contribution in [2.24, 2.45) is 5.92 Å². The number of aliphatic hydroxyl groups is 1. The predicted octanol–water partition coefficient (Wildman–Crippen LogP) is 2.46. The molecular formula is C16H20O4. The quantitative estimate of drug-likeness (QED) is 0.678. The molecule has 0 unspecified atom stereocenters. The molecule has 0 aliphatic carbocycles. The summed E-state index contributed by atoms with van der Waals surface area (Å²) in [5, 5.41) is 10.6. The van der Waals surface area contributed by atoms with Gasteiger partial charge in [-0.05, 0) is 25.5 Å².